The van der Waals surface area contributed by atoms with E-state index in [0.29, 0.717) is 20.3 Å². The summed E-state index contributed by atoms with van der Waals surface area (Å²) in [5.41, 5.74) is -0.764. The number of aromatic nitrogens is 2. The van der Waals surface area contributed by atoms with Crippen LogP contribution < -0.4 is 10.3 Å². The van der Waals surface area contributed by atoms with Gasteiger partial charge in [-0.25, -0.2) is 4.98 Å². The number of H-pyrrole nitrogens is 1. The molecule has 0 aromatic carbocycles. The van der Waals surface area contributed by atoms with Crippen molar-refractivity contribution in [2.75, 3.05) is 7.11 Å². The first-order chi connectivity index (χ1) is 12.4. The van der Waals surface area contributed by atoms with Crippen molar-refractivity contribution in [2.45, 2.75) is 13.8 Å². The van der Waals surface area contributed by atoms with E-state index >= 15 is 0 Å². The lowest BCUT2D eigenvalue weighted by Gasteiger charge is -2.05. The first-order valence-electron chi connectivity index (χ1n) is 6.70. The quantitative estimate of drug-likeness (QED) is 0.431. The van der Waals surface area contributed by atoms with Crippen LogP contribution >= 0.6 is 55.1 Å². The van der Waals surface area contributed by atoms with Gasteiger partial charge in [-0.1, -0.05) is 23.2 Å². The van der Waals surface area contributed by atoms with Crippen molar-refractivity contribution in [3.8, 4) is 5.88 Å². The monoisotopic (exact) mass is 546 g/mol. The minimum absolute atomic E-state index is 0.000602. The van der Waals surface area contributed by atoms with Gasteiger partial charge in [0, 0.05) is 5.69 Å². The number of rotatable bonds is 3. The van der Waals surface area contributed by atoms with Crippen LogP contribution in [0.15, 0.2) is 13.7 Å². The first-order valence-corrected chi connectivity index (χ1v) is 9.04. The molecule has 0 aliphatic heterocycles. The van der Waals surface area contributed by atoms with E-state index in [4.69, 9.17) is 27.9 Å². The normalized spacial score (nSPS) is 10.0. The van der Waals surface area contributed by atoms with E-state index in [1.54, 1.807) is 13.8 Å². The van der Waals surface area contributed by atoms with Gasteiger partial charge in [-0.15, -0.1) is 0 Å². The third-order valence-corrected chi connectivity index (χ3v) is 6.15. The number of methoxy groups -OCH3 is 1. The summed E-state index contributed by atoms with van der Waals surface area (Å²) in [5, 5.41) is 20.9. The summed E-state index contributed by atoms with van der Waals surface area (Å²) in [6, 6.07) is 0. The predicted octanol–water partition coefficient (Wildman–Crippen LogP) is 4.73. The number of hydrogen-bond donors (Lipinski definition) is 1. The Morgan fingerprint density at radius 2 is 1.52 bits per heavy atom. The van der Waals surface area contributed by atoms with Gasteiger partial charge in [-0.3, -0.25) is 25.0 Å². The lowest BCUT2D eigenvalue weighted by Crippen LogP contribution is -2.13. The number of nitrogens with zero attached hydrogens (tertiary/aromatic N) is 3. The lowest BCUT2D eigenvalue weighted by molar-refractivity contribution is -0.386. The Labute approximate surface area is 178 Å². The highest BCUT2D eigenvalue weighted by molar-refractivity contribution is 9.11. The average Bonchev–Trinajstić information content (AvgIpc) is 2.57. The molecule has 0 radical (unpaired) electrons. The van der Waals surface area contributed by atoms with Crippen molar-refractivity contribution >= 4 is 66.4 Å². The maximum Gasteiger partial charge on any atom is 0.353 e. The highest BCUT2D eigenvalue weighted by Gasteiger charge is 2.25. The summed E-state index contributed by atoms with van der Waals surface area (Å²) < 4.78 is 5.51. The summed E-state index contributed by atoms with van der Waals surface area (Å²) in [4.78, 5) is 36.8. The molecule has 2 aromatic rings. The molecule has 0 amide bonds. The SMILES string of the molecule is COc1nc(C)c(Br)c(Cl)c1[N+](=O)[O-].Cc1[nH]c(=O)c([N+](=O)[O-])c(Cl)c1Br. The van der Waals surface area contributed by atoms with E-state index in [1.807, 2.05) is 0 Å². The number of halogens is 4. The molecule has 0 fully saturated rings. The molecule has 1 N–H and O–H groups in total. The Bertz CT molecular complexity index is 982. The molecule has 0 aliphatic rings. The van der Waals surface area contributed by atoms with Gasteiger partial charge in [0.15, 0.2) is 0 Å². The van der Waals surface area contributed by atoms with Gasteiger partial charge in [0.25, 0.3) is 5.88 Å². The largest absolute Gasteiger partial charge is 0.476 e. The van der Waals surface area contributed by atoms with Crippen LogP contribution in [0.3, 0.4) is 0 Å². The summed E-state index contributed by atoms with van der Waals surface area (Å²) in [6.07, 6.45) is 0. The van der Waals surface area contributed by atoms with Gasteiger partial charge in [0.2, 0.25) is 0 Å². The van der Waals surface area contributed by atoms with Crippen molar-refractivity contribution in [3.63, 3.8) is 0 Å². The Morgan fingerprint density at radius 1 is 1.04 bits per heavy atom. The van der Waals surface area contributed by atoms with E-state index in [2.05, 4.69) is 41.8 Å². The minimum Gasteiger partial charge on any atom is -0.476 e. The summed E-state index contributed by atoms with van der Waals surface area (Å²) >= 11 is 17.5. The minimum atomic E-state index is -0.814. The van der Waals surface area contributed by atoms with E-state index in [-0.39, 0.29) is 21.6 Å². The fourth-order valence-electron chi connectivity index (χ4n) is 1.73. The average molecular weight is 549 g/mol. The molecule has 146 valence electrons. The molecular weight excluding hydrogens is 539 g/mol. The molecule has 0 bridgehead atoms. The van der Waals surface area contributed by atoms with Crippen LogP contribution in [0, 0.1) is 34.1 Å². The van der Waals surface area contributed by atoms with Crippen molar-refractivity contribution in [3.05, 3.63) is 61.0 Å². The Morgan fingerprint density at radius 3 is 1.96 bits per heavy atom. The zero-order valence-electron chi connectivity index (χ0n) is 13.8. The zero-order chi connectivity index (χ0) is 21.0. The topological polar surface area (TPSA) is 141 Å². The molecule has 10 nitrogen and oxygen atoms in total. The number of pyridine rings is 2. The molecule has 27 heavy (non-hydrogen) atoms. The fourth-order valence-corrected chi connectivity index (χ4v) is 2.87. The maximum absolute atomic E-state index is 11.1. The lowest BCUT2D eigenvalue weighted by atomic mass is 10.3. The third kappa shape index (κ3) is 5.15. The van der Waals surface area contributed by atoms with Gasteiger partial charge in [0.1, 0.15) is 10.0 Å². The van der Waals surface area contributed by atoms with Crippen molar-refractivity contribution in [2.24, 2.45) is 0 Å². The summed E-state index contributed by atoms with van der Waals surface area (Å²) in [7, 11) is 1.30. The van der Waals surface area contributed by atoms with Gasteiger partial charge in [-0.05, 0) is 45.7 Å². The van der Waals surface area contributed by atoms with Crippen LogP contribution in [-0.4, -0.2) is 26.9 Å². The number of aromatic amines is 1. The van der Waals surface area contributed by atoms with E-state index < -0.39 is 21.1 Å². The Hall–Kier alpha value is -1.76. The van der Waals surface area contributed by atoms with Crippen LogP contribution in [0.2, 0.25) is 10.0 Å². The van der Waals surface area contributed by atoms with E-state index in [9.17, 15) is 25.0 Å². The number of hydrogen-bond acceptors (Lipinski definition) is 7. The van der Waals surface area contributed by atoms with Gasteiger partial charge >= 0.3 is 16.9 Å². The molecule has 0 saturated carbocycles. The molecular formula is C13H10Br2Cl2N4O6. The molecule has 2 heterocycles. The molecule has 0 aliphatic carbocycles. The third-order valence-electron chi connectivity index (χ3n) is 2.99. The first kappa shape index (κ1) is 23.3. The van der Waals surface area contributed by atoms with Crippen molar-refractivity contribution < 1.29 is 14.6 Å². The summed E-state index contributed by atoms with van der Waals surface area (Å²) in [5.74, 6) is -0.0827. The standard InChI is InChI=1S/C7H6BrClN2O3.C6H4BrClN2O3/c1-3-4(8)5(9)6(11(12)13)7(10-3)14-2;1-2-3(7)4(8)5(10(12)13)6(11)9-2/h1-2H3;1H3,(H,9,11). The smallest absolute Gasteiger partial charge is 0.353 e. The molecule has 0 unspecified atom stereocenters. The van der Waals surface area contributed by atoms with Crippen LogP contribution in [0.4, 0.5) is 11.4 Å². The molecule has 0 saturated heterocycles. The number of ether oxygens (including phenoxy) is 1. The number of nitro groups is 2. The van der Waals surface area contributed by atoms with E-state index in [1.165, 1.54) is 7.11 Å². The molecule has 0 atom stereocenters. The number of aryl methyl sites for hydroxylation is 2. The molecule has 2 aromatic heterocycles. The van der Waals surface area contributed by atoms with Crippen molar-refractivity contribution in [1.82, 2.24) is 9.97 Å². The number of nitrogens with one attached hydrogen (secondary N) is 1. The Kier molecular flexibility index (Phi) is 8.14. The Balaban J connectivity index is 0.000000271. The zero-order valence-corrected chi connectivity index (χ0v) is 18.5. The second kappa shape index (κ2) is 9.44. The maximum atomic E-state index is 11.1. The van der Waals surface area contributed by atoms with Crippen LogP contribution in [0.5, 0.6) is 5.88 Å². The van der Waals surface area contributed by atoms with Crippen LogP contribution in [0.25, 0.3) is 0 Å². The van der Waals surface area contributed by atoms with Gasteiger partial charge in [0.05, 0.1) is 31.6 Å². The van der Waals surface area contributed by atoms with Gasteiger partial charge < -0.3 is 9.72 Å². The molecule has 2 rings (SSSR count). The second-order valence-electron chi connectivity index (χ2n) is 4.75. The summed E-state index contributed by atoms with van der Waals surface area (Å²) in [6.45, 7) is 3.25. The molecule has 0 spiro atoms. The van der Waals surface area contributed by atoms with Crippen LogP contribution in [0.1, 0.15) is 11.4 Å². The highest BCUT2D eigenvalue weighted by Crippen LogP contribution is 2.39. The molecule has 14 heteroatoms. The fraction of sp³-hybridized carbons (Fsp3) is 0.231. The van der Waals surface area contributed by atoms with E-state index in [0.717, 1.165) is 0 Å². The van der Waals surface area contributed by atoms with Crippen molar-refractivity contribution in [1.29, 1.82) is 0 Å². The second-order valence-corrected chi connectivity index (χ2v) is 7.09. The van der Waals surface area contributed by atoms with Crippen LogP contribution in [-0.2, 0) is 0 Å². The highest BCUT2D eigenvalue weighted by atomic mass is 79.9. The van der Waals surface area contributed by atoms with Gasteiger partial charge in [-0.2, -0.15) is 0 Å². The predicted molar refractivity (Wildman–Crippen MR) is 106 cm³/mol.